The van der Waals surface area contributed by atoms with E-state index in [0.717, 1.165) is 41.4 Å². The Balaban J connectivity index is 1.80. The predicted molar refractivity (Wildman–Crippen MR) is 85.9 cm³/mol. The minimum atomic E-state index is 0.782. The average molecular weight is 296 g/mol. The number of rotatable bonds is 4. The number of thiazole rings is 1. The van der Waals surface area contributed by atoms with E-state index in [-0.39, 0.29) is 0 Å². The van der Waals surface area contributed by atoms with Crippen LogP contribution in [0.2, 0.25) is 0 Å². The molecule has 4 nitrogen and oxygen atoms in total. The first kappa shape index (κ1) is 12.6. The monoisotopic (exact) mass is 296 g/mol. The van der Waals surface area contributed by atoms with Gasteiger partial charge in [-0.3, -0.25) is 4.40 Å². The lowest BCUT2D eigenvalue weighted by atomic mass is 10.3. The van der Waals surface area contributed by atoms with Gasteiger partial charge in [-0.25, -0.2) is 9.97 Å². The van der Waals surface area contributed by atoms with Crippen molar-refractivity contribution in [3.05, 3.63) is 53.6 Å². The number of aromatic nitrogens is 4. The molecule has 0 spiro atoms. The standard InChI is InChI=1S/C16H16N4S/c1-2-5-15-18-13-6-3-4-7-14(13)20(15)11-12-10-19-8-9-21-16(19)17-12/h3-4,6-10H,2,5,11H2,1H3. The van der Waals surface area contributed by atoms with Crippen LogP contribution in [0.5, 0.6) is 0 Å². The summed E-state index contributed by atoms with van der Waals surface area (Å²) in [5.41, 5.74) is 3.35. The van der Waals surface area contributed by atoms with E-state index >= 15 is 0 Å². The van der Waals surface area contributed by atoms with Crippen LogP contribution in [0.3, 0.4) is 0 Å². The number of hydrogen-bond donors (Lipinski definition) is 0. The second-order valence-corrected chi connectivity index (χ2v) is 6.05. The molecule has 106 valence electrons. The molecule has 0 aliphatic heterocycles. The molecule has 0 aliphatic carbocycles. The molecule has 0 radical (unpaired) electrons. The van der Waals surface area contributed by atoms with Crippen LogP contribution in [-0.4, -0.2) is 18.9 Å². The zero-order chi connectivity index (χ0) is 14.2. The number of imidazole rings is 2. The normalized spacial score (nSPS) is 11.7. The van der Waals surface area contributed by atoms with Crippen LogP contribution >= 0.6 is 11.3 Å². The lowest BCUT2D eigenvalue weighted by Crippen LogP contribution is -2.05. The van der Waals surface area contributed by atoms with Gasteiger partial charge < -0.3 is 4.57 Å². The van der Waals surface area contributed by atoms with Gasteiger partial charge in [0.1, 0.15) is 5.82 Å². The molecule has 4 rings (SSSR count). The van der Waals surface area contributed by atoms with E-state index in [0.29, 0.717) is 0 Å². The highest BCUT2D eigenvalue weighted by molar-refractivity contribution is 7.15. The fourth-order valence-corrected chi connectivity index (χ4v) is 3.45. The van der Waals surface area contributed by atoms with Crippen LogP contribution < -0.4 is 0 Å². The maximum Gasteiger partial charge on any atom is 0.193 e. The van der Waals surface area contributed by atoms with Crippen molar-refractivity contribution in [2.24, 2.45) is 0 Å². The van der Waals surface area contributed by atoms with Crippen molar-refractivity contribution in [3.8, 4) is 0 Å². The molecule has 0 saturated heterocycles. The summed E-state index contributed by atoms with van der Waals surface area (Å²) in [6.45, 7) is 2.97. The fraction of sp³-hybridized carbons (Fsp3) is 0.250. The third-order valence-electron chi connectivity index (χ3n) is 3.67. The maximum atomic E-state index is 4.77. The Hall–Kier alpha value is -2.14. The molecule has 0 aliphatic rings. The van der Waals surface area contributed by atoms with E-state index in [9.17, 15) is 0 Å². The molecule has 0 amide bonds. The second kappa shape index (κ2) is 5.00. The summed E-state index contributed by atoms with van der Waals surface area (Å²) in [4.78, 5) is 10.5. The van der Waals surface area contributed by atoms with E-state index in [1.165, 1.54) is 5.52 Å². The van der Waals surface area contributed by atoms with Gasteiger partial charge in [0, 0.05) is 24.2 Å². The fourth-order valence-electron chi connectivity index (χ4n) is 2.73. The lowest BCUT2D eigenvalue weighted by molar-refractivity contribution is 0.713. The molecule has 3 aromatic heterocycles. The number of aryl methyl sites for hydroxylation is 1. The molecule has 5 heteroatoms. The molecule has 4 aromatic rings. The number of fused-ring (bicyclic) bond motifs is 2. The quantitative estimate of drug-likeness (QED) is 0.575. The Bertz CT molecular complexity index is 871. The van der Waals surface area contributed by atoms with Crippen molar-refractivity contribution in [1.82, 2.24) is 18.9 Å². The summed E-state index contributed by atoms with van der Waals surface area (Å²) >= 11 is 1.67. The molecule has 0 unspecified atom stereocenters. The molecular weight excluding hydrogens is 280 g/mol. The van der Waals surface area contributed by atoms with E-state index < -0.39 is 0 Å². The van der Waals surface area contributed by atoms with Crippen molar-refractivity contribution >= 4 is 27.3 Å². The Labute approximate surface area is 126 Å². The summed E-state index contributed by atoms with van der Waals surface area (Å²) in [7, 11) is 0. The maximum absolute atomic E-state index is 4.77. The molecular formula is C16H16N4S. The van der Waals surface area contributed by atoms with Gasteiger partial charge in [-0.1, -0.05) is 19.1 Å². The van der Waals surface area contributed by atoms with Gasteiger partial charge in [-0.05, 0) is 18.6 Å². The van der Waals surface area contributed by atoms with Crippen LogP contribution in [0, 0.1) is 0 Å². The zero-order valence-electron chi connectivity index (χ0n) is 11.9. The summed E-state index contributed by atoms with van der Waals surface area (Å²) < 4.78 is 4.38. The summed E-state index contributed by atoms with van der Waals surface area (Å²) in [6, 6.07) is 8.33. The molecule has 1 aromatic carbocycles. The first-order valence-electron chi connectivity index (χ1n) is 7.20. The van der Waals surface area contributed by atoms with E-state index in [2.05, 4.69) is 56.8 Å². The first-order chi connectivity index (χ1) is 10.3. The van der Waals surface area contributed by atoms with Gasteiger partial charge in [0.15, 0.2) is 4.96 Å². The smallest absolute Gasteiger partial charge is 0.193 e. The Morgan fingerprint density at radius 2 is 2.10 bits per heavy atom. The third-order valence-corrected chi connectivity index (χ3v) is 4.44. The van der Waals surface area contributed by atoms with E-state index in [1.807, 2.05) is 6.07 Å². The van der Waals surface area contributed by atoms with Gasteiger partial charge in [0.25, 0.3) is 0 Å². The molecule has 0 N–H and O–H groups in total. The number of hydrogen-bond acceptors (Lipinski definition) is 3. The SMILES string of the molecule is CCCc1nc2ccccc2n1Cc1cn2ccsc2n1. The number of nitrogens with zero attached hydrogens (tertiary/aromatic N) is 4. The van der Waals surface area contributed by atoms with Gasteiger partial charge >= 0.3 is 0 Å². The Kier molecular flexibility index (Phi) is 3.00. The van der Waals surface area contributed by atoms with Gasteiger partial charge in [0.05, 0.1) is 23.3 Å². The van der Waals surface area contributed by atoms with Crippen LogP contribution in [0.4, 0.5) is 0 Å². The van der Waals surface area contributed by atoms with Crippen molar-refractivity contribution in [2.45, 2.75) is 26.3 Å². The van der Waals surface area contributed by atoms with Crippen molar-refractivity contribution in [1.29, 1.82) is 0 Å². The van der Waals surface area contributed by atoms with Crippen molar-refractivity contribution < 1.29 is 0 Å². The highest BCUT2D eigenvalue weighted by Gasteiger charge is 2.12. The van der Waals surface area contributed by atoms with E-state index in [1.54, 1.807) is 11.3 Å². The van der Waals surface area contributed by atoms with Gasteiger partial charge in [0.2, 0.25) is 0 Å². The third kappa shape index (κ3) is 2.14. The molecule has 0 saturated carbocycles. The predicted octanol–water partition coefficient (Wildman–Crippen LogP) is 3.75. The van der Waals surface area contributed by atoms with Crippen LogP contribution in [-0.2, 0) is 13.0 Å². The highest BCUT2D eigenvalue weighted by Crippen LogP contribution is 2.20. The molecule has 0 fully saturated rings. The Morgan fingerprint density at radius 1 is 1.19 bits per heavy atom. The minimum Gasteiger partial charge on any atom is -0.322 e. The topological polar surface area (TPSA) is 35.1 Å². The van der Waals surface area contributed by atoms with Crippen molar-refractivity contribution in [3.63, 3.8) is 0 Å². The van der Waals surface area contributed by atoms with Crippen LogP contribution in [0.15, 0.2) is 42.0 Å². The highest BCUT2D eigenvalue weighted by atomic mass is 32.1. The summed E-state index contributed by atoms with van der Waals surface area (Å²) in [5.74, 6) is 1.15. The zero-order valence-corrected chi connectivity index (χ0v) is 12.7. The number of benzene rings is 1. The molecule has 0 bridgehead atoms. The average Bonchev–Trinajstić information content (AvgIpc) is 3.14. The number of para-hydroxylation sites is 2. The second-order valence-electron chi connectivity index (χ2n) is 5.18. The van der Waals surface area contributed by atoms with E-state index in [4.69, 9.17) is 4.98 Å². The summed E-state index contributed by atoms with van der Waals surface area (Å²) in [6.07, 6.45) is 6.25. The lowest BCUT2D eigenvalue weighted by Gasteiger charge is -2.06. The van der Waals surface area contributed by atoms with Gasteiger partial charge in [-0.15, -0.1) is 11.3 Å². The minimum absolute atomic E-state index is 0.782. The summed E-state index contributed by atoms with van der Waals surface area (Å²) in [5, 5.41) is 2.06. The molecule has 0 atom stereocenters. The largest absolute Gasteiger partial charge is 0.322 e. The first-order valence-corrected chi connectivity index (χ1v) is 8.08. The van der Waals surface area contributed by atoms with Crippen LogP contribution in [0.1, 0.15) is 24.9 Å². The molecule has 3 heterocycles. The Morgan fingerprint density at radius 3 is 2.95 bits per heavy atom. The van der Waals surface area contributed by atoms with Gasteiger partial charge in [-0.2, -0.15) is 0 Å². The molecule has 21 heavy (non-hydrogen) atoms. The van der Waals surface area contributed by atoms with Crippen molar-refractivity contribution in [2.75, 3.05) is 0 Å². The van der Waals surface area contributed by atoms with Crippen LogP contribution in [0.25, 0.3) is 16.0 Å².